The molecule has 0 spiro atoms. The van der Waals surface area contributed by atoms with Gasteiger partial charge in [-0.1, -0.05) is 45.8 Å². The van der Waals surface area contributed by atoms with Crippen LogP contribution >= 0.6 is 38.9 Å². The molecule has 1 aromatic heterocycles. The monoisotopic (exact) mass is 283 g/mol. The number of anilines is 1. The van der Waals surface area contributed by atoms with E-state index in [0.717, 1.165) is 11.4 Å². The van der Waals surface area contributed by atoms with Gasteiger partial charge in [-0.15, -0.1) is 10.2 Å². The molecule has 1 amide bonds. The van der Waals surface area contributed by atoms with Crippen LogP contribution in [0.25, 0.3) is 0 Å². The van der Waals surface area contributed by atoms with Gasteiger partial charge in [-0.3, -0.25) is 10.1 Å². The predicted octanol–water partition coefficient (Wildman–Crippen LogP) is 2.00. The van der Waals surface area contributed by atoms with Crippen LogP contribution in [0, 0.1) is 0 Å². The molecule has 72 valence electrons. The number of aromatic nitrogens is 2. The normalized spacial score (nSPS) is 12.5. The maximum Gasteiger partial charge on any atom is 0.255 e. The van der Waals surface area contributed by atoms with Gasteiger partial charge in [-0.2, -0.15) is 0 Å². The Balaban J connectivity index is 2.59. The molecular weight excluding hydrogens is 278 g/mol. The molecule has 1 atom stereocenters. The minimum Gasteiger partial charge on any atom is -0.298 e. The number of amides is 1. The number of alkyl halides is 2. The lowest BCUT2D eigenvalue weighted by molar-refractivity contribution is -0.114. The number of nitrogens with zero attached hydrogens (tertiary/aromatic N) is 2. The molecule has 1 rings (SSSR count). The summed E-state index contributed by atoms with van der Waals surface area (Å²) in [5, 5.41) is 11.5. The van der Waals surface area contributed by atoms with Crippen molar-refractivity contribution in [2.24, 2.45) is 0 Å². The zero-order valence-electron chi connectivity index (χ0n) is 6.75. The molecule has 0 saturated heterocycles. The Morgan fingerprint density at radius 3 is 2.92 bits per heavy atom. The second kappa shape index (κ2) is 4.88. The van der Waals surface area contributed by atoms with Crippen LogP contribution in [0.1, 0.15) is 11.9 Å². The van der Waals surface area contributed by atoms with Crippen molar-refractivity contribution in [2.75, 3.05) is 5.32 Å². The van der Waals surface area contributed by atoms with Crippen molar-refractivity contribution in [3.05, 3.63) is 5.01 Å². The quantitative estimate of drug-likeness (QED) is 0.864. The van der Waals surface area contributed by atoms with E-state index >= 15 is 0 Å². The third-order valence-electron chi connectivity index (χ3n) is 1.20. The highest BCUT2D eigenvalue weighted by atomic mass is 79.9. The van der Waals surface area contributed by atoms with E-state index in [1.54, 1.807) is 0 Å². The number of carbonyl (C=O) groups is 1. The van der Waals surface area contributed by atoms with Crippen molar-refractivity contribution in [1.29, 1.82) is 0 Å². The van der Waals surface area contributed by atoms with Gasteiger partial charge in [0.05, 0.1) is 0 Å². The Hall–Kier alpha value is -0.200. The first kappa shape index (κ1) is 10.9. The summed E-state index contributed by atoms with van der Waals surface area (Å²) in [7, 11) is 0. The Morgan fingerprint density at radius 1 is 1.77 bits per heavy atom. The first-order valence-corrected chi connectivity index (χ1v) is 5.71. The lowest BCUT2D eigenvalue weighted by atomic mass is 10.5. The molecule has 0 radical (unpaired) electrons. The summed E-state index contributed by atoms with van der Waals surface area (Å²) in [6, 6.07) is 0. The molecule has 1 unspecified atom stereocenters. The summed E-state index contributed by atoms with van der Waals surface area (Å²) >= 11 is 9.76. The van der Waals surface area contributed by atoms with Crippen molar-refractivity contribution in [3.8, 4) is 0 Å². The highest BCUT2D eigenvalue weighted by Crippen LogP contribution is 2.17. The maximum absolute atomic E-state index is 11.1. The van der Waals surface area contributed by atoms with Gasteiger partial charge in [0.1, 0.15) is 5.01 Å². The van der Waals surface area contributed by atoms with Crippen LogP contribution in [0.2, 0.25) is 0 Å². The van der Waals surface area contributed by atoms with Crippen LogP contribution in [0.4, 0.5) is 5.13 Å². The molecular formula is C6H7BrClN3OS. The number of rotatable bonds is 3. The lowest BCUT2D eigenvalue weighted by Crippen LogP contribution is -2.17. The van der Waals surface area contributed by atoms with Crippen molar-refractivity contribution in [1.82, 2.24) is 10.2 Å². The SMILES string of the molecule is CCc1nnc(NC(=O)C(Cl)Br)s1. The van der Waals surface area contributed by atoms with Crippen molar-refractivity contribution >= 4 is 49.9 Å². The molecule has 7 heteroatoms. The summed E-state index contributed by atoms with van der Waals surface area (Å²) in [5.74, 6) is -0.333. The number of hydrogen-bond acceptors (Lipinski definition) is 4. The zero-order chi connectivity index (χ0) is 9.84. The van der Waals surface area contributed by atoms with E-state index < -0.39 is 4.29 Å². The van der Waals surface area contributed by atoms with E-state index in [1.165, 1.54) is 11.3 Å². The summed E-state index contributed by atoms with van der Waals surface area (Å²) in [4.78, 5) is 11.1. The first-order chi connectivity index (χ1) is 6.13. The number of aryl methyl sites for hydroxylation is 1. The smallest absolute Gasteiger partial charge is 0.255 e. The number of carbonyl (C=O) groups excluding carboxylic acids is 1. The average Bonchev–Trinajstić information content (AvgIpc) is 2.52. The highest BCUT2D eigenvalue weighted by Gasteiger charge is 2.13. The van der Waals surface area contributed by atoms with Crippen LogP contribution < -0.4 is 5.32 Å². The molecule has 0 saturated carbocycles. The van der Waals surface area contributed by atoms with Crippen molar-refractivity contribution in [3.63, 3.8) is 0 Å². The van der Waals surface area contributed by atoms with Gasteiger partial charge >= 0.3 is 0 Å². The predicted molar refractivity (Wildman–Crippen MR) is 56.5 cm³/mol. The van der Waals surface area contributed by atoms with Gasteiger partial charge in [0, 0.05) is 0 Å². The van der Waals surface area contributed by atoms with Crippen molar-refractivity contribution < 1.29 is 4.79 Å². The first-order valence-electron chi connectivity index (χ1n) is 3.55. The molecule has 1 N–H and O–H groups in total. The molecule has 13 heavy (non-hydrogen) atoms. The van der Waals surface area contributed by atoms with Gasteiger partial charge in [0.15, 0.2) is 4.29 Å². The van der Waals surface area contributed by atoms with Crippen LogP contribution in [0.5, 0.6) is 0 Å². The molecule has 0 aliphatic rings. The fourth-order valence-corrected chi connectivity index (χ4v) is 1.46. The minimum atomic E-state index is -0.735. The van der Waals surface area contributed by atoms with E-state index in [0.29, 0.717) is 5.13 Å². The fraction of sp³-hybridized carbons (Fsp3) is 0.500. The lowest BCUT2D eigenvalue weighted by Gasteiger charge is -1.99. The summed E-state index contributed by atoms with van der Waals surface area (Å²) in [5.41, 5.74) is 0. The van der Waals surface area contributed by atoms with Gasteiger partial charge in [0.25, 0.3) is 5.91 Å². The Morgan fingerprint density at radius 2 is 2.46 bits per heavy atom. The average molecular weight is 285 g/mol. The second-order valence-corrected chi connectivity index (χ2v) is 5.09. The number of halogens is 2. The van der Waals surface area contributed by atoms with E-state index in [-0.39, 0.29) is 5.91 Å². The maximum atomic E-state index is 11.1. The van der Waals surface area contributed by atoms with E-state index in [4.69, 9.17) is 11.6 Å². The zero-order valence-corrected chi connectivity index (χ0v) is 9.91. The number of hydrogen-bond donors (Lipinski definition) is 1. The van der Waals surface area contributed by atoms with E-state index in [2.05, 4.69) is 31.4 Å². The Kier molecular flexibility index (Phi) is 4.08. The van der Waals surface area contributed by atoms with Gasteiger partial charge in [0.2, 0.25) is 5.13 Å². The standard InChI is InChI=1S/C6H7BrClN3OS/c1-2-3-10-11-6(13-3)9-5(12)4(7)8/h4H,2H2,1H3,(H,9,11,12). The third-order valence-corrected chi connectivity index (χ3v) is 2.79. The Labute approximate surface area is 92.8 Å². The molecule has 0 aliphatic carbocycles. The fourth-order valence-electron chi connectivity index (χ4n) is 0.607. The minimum absolute atomic E-state index is 0.333. The van der Waals surface area contributed by atoms with Crippen LogP contribution in [-0.2, 0) is 11.2 Å². The van der Waals surface area contributed by atoms with E-state index in [9.17, 15) is 4.79 Å². The summed E-state index contributed by atoms with van der Waals surface area (Å²) in [6.07, 6.45) is 0.812. The third kappa shape index (κ3) is 3.21. The second-order valence-electron chi connectivity index (χ2n) is 2.14. The van der Waals surface area contributed by atoms with Crippen LogP contribution in [0.3, 0.4) is 0 Å². The van der Waals surface area contributed by atoms with E-state index in [1.807, 2.05) is 6.92 Å². The molecule has 1 heterocycles. The largest absolute Gasteiger partial charge is 0.298 e. The van der Waals surface area contributed by atoms with Crippen molar-refractivity contribution in [2.45, 2.75) is 17.6 Å². The topological polar surface area (TPSA) is 54.9 Å². The summed E-state index contributed by atoms with van der Waals surface area (Å²) < 4.78 is -0.735. The van der Waals surface area contributed by atoms with Crippen LogP contribution in [-0.4, -0.2) is 20.4 Å². The summed E-state index contributed by atoms with van der Waals surface area (Å²) in [6.45, 7) is 1.97. The molecule has 0 aliphatic heterocycles. The molecule has 0 aromatic carbocycles. The molecule has 4 nitrogen and oxygen atoms in total. The van der Waals surface area contributed by atoms with Gasteiger partial charge in [-0.05, 0) is 6.42 Å². The highest BCUT2D eigenvalue weighted by molar-refractivity contribution is 9.10. The van der Waals surface area contributed by atoms with Gasteiger partial charge < -0.3 is 0 Å². The van der Waals surface area contributed by atoms with Gasteiger partial charge in [-0.25, -0.2) is 0 Å². The molecule has 1 aromatic rings. The Bertz CT molecular complexity index is 304. The molecule has 0 bridgehead atoms. The number of nitrogens with one attached hydrogen (secondary N) is 1. The van der Waals surface area contributed by atoms with Crippen LogP contribution in [0.15, 0.2) is 0 Å². The molecule has 0 fully saturated rings.